The molecular formula is C13H18ClNO2. The zero-order valence-electron chi connectivity index (χ0n) is 10.2. The van der Waals surface area contributed by atoms with Crippen LogP contribution in [0, 0.1) is 0 Å². The third-order valence-corrected chi connectivity index (χ3v) is 3.21. The van der Waals surface area contributed by atoms with Gasteiger partial charge in [-0.25, -0.2) is 0 Å². The van der Waals surface area contributed by atoms with Crippen molar-refractivity contribution in [2.24, 2.45) is 0 Å². The number of anilines is 1. The lowest BCUT2D eigenvalue weighted by molar-refractivity contribution is -0.00531. The molecule has 2 atom stereocenters. The number of aliphatic hydroxyl groups is 1. The Balaban J connectivity index is 2.28. The van der Waals surface area contributed by atoms with Gasteiger partial charge in [0.2, 0.25) is 0 Å². The zero-order chi connectivity index (χ0) is 12.4. The Morgan fingerprint density at radius 1 is 1.35 bits per heavy atom. The fourth-order valence-electron chi connectivity index (χ4n) is 2.34. The third-order valence-electron chi connectivity index (χ3n) is 2.98. The minimum Gasteiger partial charge on any atom is -0.392 e. The minimum atomic E-state index is 0.0343. The van der Waals surface area contributed by atoms with E-state index >= 15 is 0 Å². The average Bonchev–Trinajstić information content (AvgIpc) is 2.27. The van der Waals surface area contributed by atoms with Crippen molar-refractivity contribution >= 4 is 17.3 Å². The van der Waals surface area contributed by atoms with Gasteiger partial charge in [0.1, 0.15) is 0 Å². The zero-order valence-corrected chi connectivity index (χ0v) is 10.9. The first kappa shape index (κ1) is 12.7. The first-order valence-corrected chi connectivity index (χ1v) is 6.27. The lowest BCUT2D eigenvalue weighted by Gasteiger charge is -2.37. The molecule has 1 N–H and O–H groups in total. The van der Waals surface area contributed by atoms with E-state index in [1.807, 2.05) is 18.2 Å². The monoisotopic (exact) mass is 255 g/mol. The molecule has 1 heterocycles. The van der Waals surface area contributed by atoms with E-state index in [-0.39, 0.29) is 18.8 Å². The first-order valence-electron chi connectivity index (χ1n) is 5.90. The second-order valence-electron chi connectivity index (χ2n) is 4.59. The number of ether oxygens (including phenoxy) is 1. The van der Waals surface area contributed by atoms with Crippen molar-refractivity contribution in [3.63, 3.8) is 0 Å². The van der Waals surface area contributed by atoms with Crippen molar-refractivity contribution in [3.05, 3.63) is 28.8 Å². The molecule has 0 aromatic heterocycles. The second kappa shape index (κ2) is 5.25. The quantitative estimate of drug-likeness (QED) is 0.881. The molecule has 17 heavy (non-hydrogen) atoms. The molecule has 1 fully saturated rings. The van der Waals surface area contributed by atoms with Gasteiger partial charge in [0.05, 0.1) is 18.8 Å². The molecule has 4 heteroatoms. The average molecular weight is 256 g/mol. The number of halogens is 1. The van der Waals surface area contributed by atoms with Gasteiger partial charge in [-0.2, -0.15) is 0 Å². The second-order valence-corrected chi connectivity index (χ2v) is 5.03. The highest BCUT2D eigenvalue weighted by Crippen LogP contribution is 2.27. The van der Waals surface area contributed by atoms with Crippen LogP contribution in [0.2, 0.25) is 5.02 Å². The van der Waals surface area contributed by atoms with Crippen LogP contribution in [0.25, 0.3) is 0 Å². The van der Waals surface area contributed by atoms with Gasteiger partial charge in [-0.3, -0.25) is 0 Å². The van der Waals surface area contributed by atoms with Crippen molar-refractivity contribution in [3.8, 4) is 0 Å². The van der Waals surface area contributed by atoms with E-state index in [1.54, 1.807) is 0 Å². The maximum atomic E-state index is 9.37. The molecule has 1 aromatic rings. The van der Waals surface area contributed by atoms with Crippen molar-refractivity contribution < 1.29 is 9.84 Å². The molecule has 3 nitrogen and oxygen atoms in total. The summed E-state index contributed by atoms with van der Waals surface area (Å²) in [4.78, 5) is 2.23. The SMILES string of the molecule is C[C@@H]1CN(c2cc(Cl)ccc2CO)C[C@H](C)O1. The number of morpholine rings is 1. The maximum absolute atomic E-state index is 9.37. The van der Waals surface area contributed by atoms with Crippen LogP contribution < -0.4 is 4.90 Å². The topological polar surface area (TPSA) is 32.7 Å². The number of rotatable bonds is 2. The standard InChI is InChI=1S/C13H18ClNO2/c1-9-6-15(7-10(2)17-9)13-5-12(14)4-3-11(13)8-16/h3-5,9-10,16H,6-8H2,1-2H3/t9-,10+. The van der Waals surface area contributed by atoms with E-state index in [0.717, 1.165) is 24.3 Å². The molecule has 1 aromatic carbocycles. The molecule has 0 unspecified atom stereocenters. The van der Waals surface area contributed by atoms with Crippen LogP contribution in [0.5, 0.6) is 0 Å². The molecule has 94 valence electrons. The number of aliphatic hydroxyl groups excluding tert-OH is 1. The van der Waals surface area contributed by atoms with Crippen LogP contribution in [-0.4, -0.2) is 30.4 Å². The molecule has 0 amide bonds. The van der Waals surface area contributed by atoms with E-state index in [9.17, 15) is 5.11 Å². The summed E-state index contributed by atoms with van der Waals surface area (Å²) in [5, 5.41) is 10.1. The van der Waals surface area contributed by atoms with Crippen LogP contribution in [0.3, 0.4) is 0 Å². The van der Waals surface area contributed by atoms with Crippen LogP contribution in [0.1, 0.15) is 19.4 Å². The summed E-state index contributed by atoms with van der Waals surface area (Å²) in [5.74, 6) is 0. The van der Waals surface area contributed by atoms with Crippen molar-refractivity contribution in [1.82, 2.24) is 0 Å². The highest BCUT2D eigenvalue weighted by Gasteiger charge is 2.23. The molecule has 0 aliphatic carbocycles. The van der Waals surface area contributed by atoms with Gasteiger partial charge in [-0.05, 0) is 26.0 Å². The summed E-state index contributed by atoms with van der Waals surface area (Å²) >= 11 is 6.03. The summed E-state index contributed by atoms with van der Waals surface area (Å²) in [5.41, 5.74) is 1.93. The third kappa shape index (κ3) is 2.92. The fourth-order valence-corrected chi connectivity index (χ4v) is 2.51. The van der Waals surface area contributed by atoms with E-state index < -0.39 is 0 Å². The summed E-state index contributed by atoms with van der Waals surface area (Å²) in [6.45, 7) is 5.82. The largest absolute Gasteiger partial charge is 0.392 e. The van der Waals surface area contributed by atoms with Gasteiger partial charge in [0, 0.05) is 29.4 Å². The molecule has 1 aliphatic heterocycles. The Morgan fingerprint density at radius 2 is 2.00 bits per heavy atom. The van der Waals surface area contributed by atoms with Crippen molar-refractivity contribution in [1.29, 1.82) is 0 Å². The molecular weight excluding hydrogens is 238 g/mol. The Kier molecular flexibility index (Phi) is 3.92. The van der Waals surface area contributed by atoms with Gasteiger partial charge < -0.3 is 14.7 Å². The number of benzene rings is 1. The van der Waals surface area contributed by atoms with E-state index in [0.29, 0.717) is 5.02 Å². The predicted molar refractivity (Wildman–Crippen MR) is 69.6 cm³/mol. The number of hydrogen-bond acceptors (Lipinski definition) is 3. The molecule has 1 saturated heterocycles. The van der Waals surface area contributed by atoms with Gasteiger partial charge in [-0.1, -0.05) is 17.7 Å². The Bertz CT molecular complexity index is 387. The summed E-state index contributed by atoms with van der Waals surface area (Å²) in [7, 11) is 0. The highest BCUT2D eigenvalue weighted by atomic mass is 35.5. The van der Waals surface area contributed by atoms with Crippen LogP contribution in [-0.2, 0) is 11.3 Å². The number of hydrogen-bond donors (Lipinski definition) is 1. The van der Waals surface area contributed by atoms with E-state index in [4.69, 9.17) is 16.3 Å². The minimum absolute atomic E-state index is 0.0343. The van der Waals surface area contributed by atoms with Gasteiger partial charge in [0.15, 0.2) is 0 Å². The number of nitrogens with zero attached hydrogens (tertiary/aromatic N) is 1. The summed E-state index contributed by atoms with van der Waals surface area (Å²) in [6, 6.07) is 5.60. The summed E-state index contributed by atoms with van der Waals surface area (Å²) < 4.78 is 5.70. The molecule has 0 saturated carbocycles. The normalized spacial score (nSPS) is 25.1. The highest BCUT2D eigenvalue weighted by molar-refractivity contribution is 6.30. The van der Waals surface area contributed by atoms with Crippen molar-refractivity contribution in [2.45, 2.75) is 32.7 Å². The molecule has 0 bridgehead atoms. The fraction of sp³-hybridized carbons (Fsp3) is 0.538. The van der Waals surface area contributed by atoms with E-state index in [2.05, 4.69) is 18.7 Å². The van der Waals surface area contributed by atoms with Crippen LogP contribution in [0.4, 0.5) is 5.69 Å². The lowest BCUT2D eigenvalue weighted by Crippen LogP contribution is -2.45. The lowest BCUT2D eigenvalue weighted by atomic mass is 10.1. The first-order chi connectivity index (χ1) is 8.10. The van der Waals surface area contributed by atoms with Crippen LogP contribution in [0.15, 0.2) is 18.2 Å². The molecule has 2 rings (SSSR count). The van der Waals surface area contributed by atoms with Gasteiger partial charge in [-0.15, -0.1) is 0 Å². The predicted octanol–water partition coefficient (Wildman–Crippen LogP) is 2.45. The molecule has 0 radical (unpaired) electrons. The Hall–Kier alpha value is -0.770. The Labute approximate surface area is 107 Å². The molecule has 0 spiro atoms. The van der Waals surface area contributed by atoms with Crippen molar-refractivity contribution in [2.75, 3.05) is 18.0 Å². The maximum Gasteiger partial charge on any atom is 0.0726 e. The van der Waals surface area contributed by atoms with Gasteiger partial charge >= 0.3 is 0 Å². The smallest absolute Gasteiger partial charge is 0.0726 e. The van der Waals surface area contributed by atoms with E-state index in [1.165, 1.54) is 0 Å². The van der Waals surface area contributed by atoms with Gasteiger partial charge in [0.25, 0.3) is 0 Å². The Morgan fingerprint density at radius 3 is 2.59 bits per heavy atom. The summed E-state index contributed by atoms with van der Waals surface area (Å²) in [6.07, 6.45) is 0.397. The molecule has 1 aliphatic rings. The van der Waals surface area contributed by atoms with Crippen LogP contribution >= 0.6 is 11.6 Å².